The first kappa shape index (κ1) is 10.9. The van der Waals surface area contributed by atoms with Crippen LogP contribution in [0.5, 0.6) is 0 Å². The van der Waals surface area contributed by atoms with Crippen LogP contribution in [0.1, 0.15) is 5.56 Å². The maximum absolute atomic E-state index is 10.4. The van der Waals surface area contributed by atoms with Crippen LogP contribution in [0.4, 0.5) is 5.69 Å². The fourth-order valence-corrected chi connectivity index (χ4v) is 1.20. The summed E-state index contributed by atoms with van der Waals surface area (Å²) < 4.78 is 0. The third kappa shape index (κ3) is 3.66. The van der Waals surface area contributed by atoms with Gasteiger partial charge in [0.05, 0.1) is 6.42 Å². The zero-order valence-electron chi connectivity index (χ0n) is 7.66. The van der Waals surface area contributed by atoms with Gasteiger partial charge in [0.2, 0.25) is 0 Å². The van der Waals surface area contributed by atoms with E-state index in [0.29, 0.717) is 12.4 Å². The molecule has 2 N–H and O–H groups in total. The normalized spacial score (nSPS) is 9.79. The van der Waals surface area contributed by atoms with Gasteiger partial charge in [0.1, 0.15) is 0 Å². The fraction of sp³-hybridized carbons (Fsp3) is 0.300. The Morgan fingerprint density at radius 3 is 2.50 bits per heavy atom. The summed E-state index contributed by atoms with van der Waals surface area (Å²) in [4.78, 5) is 10.4. The first-order chi connectivity index (χ1) is 6.72. The minimum atomic E-state index is -0.813. The number of hydrogen-bond donors (Lipinski definition) is 2. The van der Waals surface area contributed by atoms with Crippen LogP contribution < -0.4 is 5.32 Å². The van der Waals surface area contributed by atoms with E-state index in [4.69, 9.17) is 16.7 Å². The van der Waals surface area contributed by atoms with Gasteiger partial charge in [-0.1, -0.05) is 12.1 Å². The molecule has 4 heteroatoms. The van der Waals surface area contributed by atoms with Crippen molar-refractivity contribution >= 4 is 23.3 Å². The lowest BCUT2D eigenvalue weighted by molar-refractivity contribution is -0.136. The number of rotatable bonds is 5. The van der Waals surface area contributed by atoms with E-state index in [9.17, 15) is 4.79 Å². The van der Waals surface area contributed by atoms with Crippen LogP contribution in [0.15, 0.2) is 24.3 Å². The summed E-state index contributed by atoms with van der Waals surface area (Å²) in [5, 5.41) is 11.6. The Labute approximate surface area is 87.7 Å². The van der Waals surface area contributed by atoms with Gasteiger partial charge in [-0.3, -0.25) is 4.79 Å². The van der Waals surface area contributed by atoms with Crippen LogP contribution in [0.25, 0.3) is 0 Å². The molecule has 0 aromatic heterocycles. The Balaban J connectivity index is 2.54. The Hall–Kier alpha value is -1.22. The Morgan fingerprint density at radius 2 is 2.00 bits per heavy atom. The molecule has 0 fully saturated rings. The van der Waals surface area contributed by atoms with Crippen LogP contribution in [-0.2, 0) is 11.2 Å². The van der Waals surface area contributed by atoms with Crippen molar-refractivity contribution in [2.45, 2.75) is 6.42 Å². The lowest BCUT2D eigenvalue weighted by atomic mass is 10.1. The van der Waals surface area contributed by atoms with E-state index in [2.05, 4.69) is 5.32 Å². The van der Waals surface area contributed by atoms with E-state index in [-0.39, 0.29) is 6.42 Å². The monoisotopic (exact) mass is 213 g/mol. The molecule has 0 aliphatic heterocycles. The van der Waals surface area contributed by atoms with Gasteiger partial charge in [-0.15, -0.1) is 11.6 Å². The number of aliphatic carboxylic acids is 1. The van der Waals surface area contributed by atoms with Crippen molar-refractivity contribution in [3.05, 3.63) is 29.8 Å². The highest BCUT2D eigenvalue weighted by Gasteiger charge is 1.99. The standard InChI is InChI=1S/C10H12ClNO2/c11-5-6-12-9-3-1-8(2-4-9)7-10(13)14/h1-4,12H,5-7H2,(H,13,14). The summed E-state index contributed by atoms with van der Waals surface area (Å²) in [5.41, 5.74) is 1.76. The molecule has 0 heterocycles. The fourth-order valence-electron chi connectivity index (χ4n) is 1.11. The highest BCUT2D eigenvalue weighted by Crippen LogP contribution is 2.09. The predicted octanol–water partition coefficient (Wildman–Crippen LogP) is 1.96. The van der Waals surface area contributed by atoms with Gasteiger partial charge in [0.25, 0.3) is 0 Å². The molecule has 1 aromatic carbocycles. The van der Waals surface area contributed by atoms with Gasteiger partial charge in [-0.25, -0.2) is 0 Å². The van der Waals surface area contributed by atoms with Gasteiger partial charge in [0, 0.05) is 18.1 Å². The van der Waals surface area contributed by atoms with E-state index in [1.165, 1.54) is 0 Å². The third-order valence-electron chi connectivity index (χ3n) is 1.73. The molecule has 76 valence electrons. The van der Waals surface area contributed by atoms with Gasteiger partial charge < -0.3 is 10.4 Å². The van der Waals surface area contributed by atoms with Crippen LogP contribution in [0.2, 0.25) is 0 Å². The van der Waals surface area contributed by atoms with Crippen molar-refractivity contribution in [3.8, 4) is 0 Å². The van der Waals surface area contributed by atoms with E-state index in [1.807, 2.05) is 12.1 Å². The van der Waals surface area contributed by atoms with E-state index >= 15 is 0 Å². The van der Waals surface area contributed by atoms with Crippen LogP contribution in [-0.4, -0.2) is 23.5 Å². The Kier molecular flexibility index (Phi) is 4.26. The first-order valence-electron chi connectivity index (χ1n) is 4.33. The molecule has 0 aliphatic rings. The smallest absolute Gasteiger partial charge is 0.307 e. The number of halogens is 1. The molecule has 0 saturated heterocycles. The molecule has 0 radical (unpaired) electrons. The SMILES string of the molecule is O=C(O)Cc1ccc(NCCCl)cc1. The maximum Gasteiger partial charge on any atom is 0.307 e. The number of anilines is 1. The minimum Gasteiger partial charge on any atom is -0.481 e. The summed E-state index contributed by atoms with van der Waals surface area (Å²) >= 11 is 5.51. The second kappa shape index (κ2) is 5.50. The molecule has 14 heavy (non-hydrogen) atoms. The zero-order chi connectivity index (χ0) is 10.4. The average Bonchev–Trinajstić information content (AvgIpc) is 2.16. The quantitative estimate of drug-likeness (QED) is 0.736. The second-order valence-corrected chi connectivity index (χ2v) is 3.26. The molecule has 0 bridgehead atoms. The van der Waals surface area contributed by atoms with Crippen molar-refractivity contribution in [2.24, 2.45) is 0 Å². The molecular formula is C10H12ClNO2. The van der Waals surface area contributed by atoms with Gasteiger partial charge in [-0.2, -0.15) is 0 Å². The maximum atomic E-state index is 10.4. The second-order valence-electron chi connectivity index (χ2n) is 2.88. The topological polar surface area (TPSA) is 49.3 Å². The molecule has 0 atom stereocenters. The number of carboxylic acid groups (broad SMARTS) is 1. The molecule has 0 amide bonds. The number of alkyl halides is 1. The zero-order valence-corrected chi connectivity index (χ0v) is 8.42. The largest absolute Gasteiger partial charge is 0.481 e. The van der Waals surface area contributed by atoms with Crippen molar-refractivity contribution in [1.82, 2.24) is 0 Å². The lowest BCUT2D eigenvalue weighted by Crippen LogP contribution is -2.03. The Bertz CT molecular complexity index is 297. The highest BCUT2D eigenvalue weighted by atomic mass is 35.5. The van der Waals surface area contributed by atoms with Crippen molar-refractivity contribution in [3.63, 3.8) is 0 Å². The number of benzene rings is 1. The molecular weight excluding hydrogens is 202 g/mol. The average molecular weight is 214 g/mol. The molecule has 1 aromatic rings. The summed E-state index contributed by atoms with van der Waals surface area (Å²) in [6.07, 6.45) is 0.0653. The van der Waals surface area contributed by atoms with Crippen molar-refractivity contribution < 1.29 is 9.90 Å². The first-order valence-corrected chi connectivity index (χ1v) is 4.86. The van der Waals surface area contributed by atoms with Gasteiger partial charge in [0.15, 0.2) is 0 Å². The molecule has 1 rings (SSSR count). The van der Waals surface area contributed by atoms with Crippen LogP contribution in [0.3, 0.4) is 0 Å². The molecule has 0 saturated carbocycles. The molecule has 0 unspecified atom stereocenters. The number of carbonyl (C=O) groups is 1. The molecule has 0 aliphatic carbocycles. The van der Waals surface area contributed by atoms with E-state index in [1.54, 1.807) is 12.1 Å². The number of hydrogen-bond acceptors (Lipinski definition) is 2. The lowest BCUT2D eigenvalue weighted by Gasteiger charge is -2.04. The molecule has 0 spiro atoms. The highest BCUT2D eigenvalue weighted by molar-refractivity contribution is 6.18. The third-order valence-corrected chi connectivity index (χ3v) is 1.92. The number of carboxylic acids is 1. The molecule has 3 nitrogen and oxygen atoms in total. The predicted molar refractivity (Wildman–Crippen MR) is 57.0 cm³/mol. The van der Waals surface area contributed by atoms with Crippen LogP contribution >= 0.6 is 11.6 Å². The van der Waals surface area contributed by atoms with E-state index < -0.39 is 5.97 Å². The minimum absolute atomic E-state index is 0.0653. The summed E-state index contributed by atoms with van der Waals surface area (Å²) in [5.74, 6) is -0.261. The Morgan fingerprint density at radius 1 is 1.36 bits per heavy atom. The summed E-state index contributed by atoms with van der Waals surface area (Å²) in [6, 6.07) is 7.30. The van der Waals surface area contributed by atoms with Gasteiger partial charge >= 0.3 is 5.97 Å². The van der Waals surface area contributed by atoms with E-state index in [0.717, 1.165) is 11.3 Å². The van der Waals surface area contributed by atoms with Crippen molar-refractivity contribution in [1.29, 1.82) is 0 Å². The number of nitrogens with one attached hydrogen (secondary N) is 1. The summed E-state index contributed by atoms with van der Waals surface area (Å²) in [6.45, 7) is 0.708. The van der Waals surface area contributed by atoms with Crippen LogP contribution in [0, 0.1) is 0 Å². The van der Waals surface area contributed by atoms with Gasteiger partial charge in [-0.05, 0) is 17.7 Å². The van der Waals surface area contributed by atoms with Crippen molar-refractivity contribution in [2.75, 3.05) is 17.7 Å². The summed E-state index contributed by atoms with van der Waals surface area (Å²) in [7, 11) is 0.